The van der Waals surface area contributed by atoms with E-state index < -0.39 is 0 Å². The summed E-state index contributed by atoms with van der Waals surface area (Å²) in [5.41, 5.74) is 1.38. The van der Waals surface area contributed by atoms with E-state index in [1.165, 1.54) is 18.4 Å². The van der Waals surface area contributed by atoms with E-state index in [2.05, 4.69) is 21.7 Å². The van der Waals surface area contributed by atoms with E-state index in [1.54, 1.807) is 0 Å². The summed E-state index contributed by atoms with van der Waals surface area (Å²) in [6.07, 6.45) is 4.57. The van der Waals surface area contributed by atoms with E-state index in [9.17, 15) is 0 Å². The van der Waals surface area contributed by atoms with Gasteiger partial charge in [-0.05, 0) is 18.9 Å². The highest BCUT2D eigenvalue weighted by molar-refractivity contribution is 5.51. The fourth-order valence-electron chi connectivity index (χ4n) is 2.00. The molecule has 1 aliphatic carbocycles. The molecule has 1 atom stereocenters. The molecule has 2 heterocycles. The summed E-state index contributed by atoms with van der Waals surface area (Å²) in [5.74, 6) is 1.69. The Bertz CT molecular complexity index is 333. The molecule has 0 amide bonds. The largest absolute Gasteiger partial charge is 0.369 e. The molecule has 0 bridgehead atoms. The number of nitrogens with zero attached hydrogens (tertiary/aromatic N) is 1. The van der Waals surface area contributed by atoms with Crippen molar-refractivity contribution >= 4 is 5.82 Å². The van der Waals surface area contributed by atoms with Crippen LogP contribution in [0.25, 0.3) is 0 Å². The normalized spacial score (nSPS) is 24.4. The van der Waals surface area contributed by atoms with Crippen LogP contribution in [-0.4, -0.2) is 24.1 Å². The maximum Gasteiger partial charge on any atom is 0.129 e. The lowest BCUT2D eigenvalue weighted by molar-refractivity contribution is 0.610. The number of nitrogens with one attached hydrogen (secondary N) is 2. The zero-order chi connectivity index (χ0) is 9.38. The third kappa shape index (κ3) is 1.48. The molecule has 2 N–H and O–H groups in total. The average Bonchev–Trinajstić information content (AvgIpc) is 2.96. The number of aromatic nitrogens is 1. The highest BCUT2D eigenvalue weighted by Gasteiger charge is 2.26. The first-order valence-electron chi connectivity index (χ1n) is 5.35. The zero-order valence-corrected chi connectivity index (χ0v) is 8.16. The van der Waals surface area contributed by atoms with Crippen LogP contribution < -0.4 is 10.6 Å². The van der Waals surface area contributed by atoms with Crippen LogP contribution in [-0.2, 0) is 0 Å². The minimum Gasteiger partial charge on any atom is -0.369 e. The van der Waals surface area contributed by atoms with Crippen molar-refractivity contribution in [3.8, 4) is 0 Å². The van der Waals surface area contributed by atoms with Gasteiger partial charge in [-0.25, -0.2) is 4.98 Å². The van der Waals surface area contributed by atoms with Crippen LogP contribution in [0.4, 0.5) is 5.82 Å². The molecule has 1 fully saturated rings. The number of anilines is 1. The standard InChI is InChI=1S/C11H15N3/c1-2-10-8(6-13-9-3-4-9)7-14-11(10)12-5-1/h1-2,5,8-9,13H,3-4,6-7H2,(H,12,14). The number of rotatable bonds is 3. The van der Waals surface area contributed by atoms with Gasteiger partial charge >= 0.3 is 0 Å². The average molecular weight is 189 g/mol. The predicted molar refractivity (Wildman–Crippen MR) is 56.5 cm³/mol. The Balaban J connectivity index is 1.70. The van der Waals surface area contributed by atoms with Gasteiger partial charge in [0.15, 0.2) is 0 Å². The van der Waals surface area contributed by atoms with Crippen molar-refractivity contribution in [1.82, 2.24) is 10.3 Å². The first-order valence-corrected chi connectivity index (χ1v) is 5.35. The third-order valence-corrected chi connectivity index (χ3v) is 3.02. The van der Waals surface area contributed by atoms with Crippen molar-refractivity contribution < 1.29 is 0 Å². The Morgan fingerprint density at radius 2 is 2.43 bits per heavy atom. The van der Waals surface area contributed by atoms with Gasteiger partial charge in [0.25, 0.3) is 0 Å². The van der Waals surface area contributed by atoms with Crippen molar-refractivity contribution in [2.45, 2.75) is 24.8 Å². The second-order valence-electron chi connectivity index (χ2n) is 4.20. The lowest BCUT2D eigenvalue weighted by atomic mass is 10.0. The molecular weight excluding hydrogens is 174 g/mol. The molecule has 1 unspecified atom stereocenters. The third-order valence-electron chi connectivity index (χ3n) is 3.02. The lowest BCUT2D eigenvalue weighted by Gasteiger charge is -2.10. The van der Waals surface area contributed by atoms with Crippen LogP contribution in [0.2, 0.25) is 0 Å². The monoisotopic (exact) mass is 189 g/mol. The van der Waals surface area contributed by atoms with Gasteiger partial charge in [-0.1, -0.05) is 6.07 Å². The first kappa shape index (κ1) is 8.24. The van der Waals surface area contributed by atoms with Crippen LogP contribution in [0, 0.1) is 0 Å². The Morgan fingerprint density at radius 3 is 3.29 bits per heavy atom. The highest BCUT2D eigenvalue weighted by Crippen LogP contribution is 2.29. The van der Waals surface area contributed by atoms with Crippen molar-refractivity contribution in [2.24, 2.45) is 0 Å². The summed E-state index contributed by atoms with van der Waals surface area (Å²) in [6.45, 7) is 2.13. The molecule has 0 radical (unpaired) electrons. The second-order valence-corrected chi connectivity index (χ2v) is 4.20. The van der Waals surface area contributed by atoms with Gasteiger partial charge in [0, 0.05) is 36.8 Å². The molecule has 2 aliphatic rings. The molecule has 0 aromatic carbocycles. The SMILES string of the molecule is c1cnc2c(c1)C(CNC1CC1)CN2. The Morgan fingerprint density at radius 1 is 1.50 bits per heavy atom. The number of fused-ring (bicyclic) bond motifs is 1. The molecular formula is C11H15N3. The molecule has 0 spiro atoms. The second kappa shape index (κ2) is 3.24. The quantitative estimate of drug-likeness (QED) is 0.753. The van der Waals surface area contributed by atoms with E-state index in [1.807, 2.05) is 12.3 Å². The van der Waals surface area contributed by atoms with Crippen LogP contribution in [0.1, 0.15) is 24.3 Å². The topological polar surface area (TPSA) is 37.0 Å². The van der Waals surface area contributed by atoms with E-state index in [4.69, 9.17) is 0 Å². The Hall–Kier alpha value is -1.09. The molecule has 0 saturated heterocycles. The highest BCUT2D eigenvalue weighted by atomic mass is 15.0. The number of hydrogen-bond acceptors (Lipinski definition) is 3. The van der Waals surface area contributed by atoms with Gasteiger partial charge in [-0.15, -0.1) is 0 Å². The smallest absolute Gasteiger partial charge is 0.129 e. The van der Waals surface area contributed by atoms with Crippen LogP contribution in [0.15, 0.2) is 18.3 Å². The minimum absolute atomic E-state index is 0.610. The van der Waals surface area contributed by atoms with Gasteiger partial charge in [0.2, 0.25) is 0 Å². The Labute approximate surface area is 83.9 Å². The summed E-state index contributed by atoms with van der Waals surface area (Å²) in [5, 5.41) is 6.91. The van der Waals surface area contributed by atoms with Gasteiger partial charge in [-0.3, -0.25) is 0 Å². The van der Waals surface area contributed by atoms with Gasteiger partial charge in [0.1, 0.15) is 5.82 Å². The van der Waals surface area contributed by atoms with Gasteiger partial charge < -0.3 is 10.6 Å². The first-order chi connectivity index (χ1) is 6.93. The fraction of sp³-hybridized carbons (Fsp3) is 0.545. The van der Waals surface area contributed by atoms with Gasteiger partial charge in [-0.2, -0.15) is 0 Å². The fourth-order valence-corrected chi connectivity index (χ4v) is 2.00. The van der Waals surface area contributed by atoms with Crippen molar-refractivity contribution in [1.29, 1.82) is 0 Å². The maximum atomic E-state index is 4.31. The molecule has 1 aromatic heterocycles. The van der Waals surface area contributed by atoms with E-state index >= 15 is 0 Å². The zero-order valence-electron chi connectivity index (χ0n) is 8.16. The van der Waals surface area contributed by atoms with E-state index in [0.717, 1.165) is 24.9 Å². The summed E-state index contributed by atoms with van der Waals surface area (Å²) < 4.78 is 0. The molecule has 74 valence electrons. The molecule has 3 rings (SSSR count). The molecule has 1 aromatic rings. The summed E-state index contributed by atoms with van der Waals surface area (Å²) >= 11 is 0. The van der Waals surface area contributed by atoms with Crippen molar-refractivity contribution in [3.63, 3.8) is 0 Å². The molecule has 1 aliphatic heterocycles. The van der Waals surface area contributed by atoms with Crippen LogP contribution in [0.3, 0.4) is 0 Å². The predicted octanol–water partition coefficient (Wildman–Crippen LogP) is 1.34. The molecule has 14 heavy (non-hydrogen) atoms. The van der Waals surface area contributed by atoms with Crippen molar-refractivity contribution in [2.75, 3.05) is 18.4 Å². The number of pyridine rings is 1. The molecule has 3 heteroatoms. The number of hydrogen-bond donors (Lipinski definition) is 2. The molecule has 3 nitrogen and oxygen atoms in total. The molecule has 1 saturated carbocycles. The van der Waals surface area contributed by atoms with Crippen molar-refractivity contribution in [3.05, 3.63) is 23.9 Å². The lowest BCUT2D eigenvalue weighted by Crippen LogP contribution is -2.24. The van der Waals surface area contributed by atoms with Crippen LogP contribution in [0.5, 0.6) is 0 Å². The van der Waals surface area contributed by atoms with Gasteiger partial charge in [0.05, 0.1) is 0 Å². The maximum absolute atomic E-state index is 4.31. The van der Waals surface area contributed by atoms with E-state index in [-0.39, 0.29) is 0 Å². The summed E-state index contributed by atoms with van der Waals surface area (Å²) in [7, 11) is 0. The summed E-state index contributed by atoms with van der Waals surface area (Å²) in [6, 6.07) is 5.01. The minimum atomic E-state index is 0.610. The van der Waals surface area contributed by atoms with E-state index in [0.29, 0.717) is 5.92 Å². The Kier molecular flexibility index (Phi) is 1.91. The van der Waals surface area contributed by atoms with Crippen LogP contribution >= 0.6 is 0 Å². The summed E-state index contributed by atoms with van der Waals surface area (Å²) in [4.78, 5) is 4.31.